The first-order valence-electron chi connectivity index (χ1n) is 5.99. The molecule has 0 saturated carbocycles. The van der Waals surface area contributed by atoms with Gasteiger partial charge in [-0.3, -0.25) is 0 Å². The number of pyridine rings is 1. The molecule has 0 spiro atoms. The van der Waals surface area contributed by atoms with Crippen molar-refractivity contribution in [3.8, 4) is 0 Å². The number of nitrogens with two attached hydrogens (primary N) is 1. The quantitative estimate of drug-likeness (QED) is 0.851. The Morgan fingerprint density at radius 2 is 2.10 bits per heavy atom. The molecule has 5 nitrogen and oxygen atoms in total. The Kier molecular flexibility index (Phi) is 4.02. The fourth-order valence-corrected chi connectivity index (χ4v) is 1.72. The highest BCUT2D eigenvalue weighted by Crippen LogP contribution is 2.26. The summed E-state index contributed by atoms with van der Waals surface area (Å²) in [7, 11) is 1.20. The number of hydrogen-bond acceptors (Lipinski definition) is 5. The van der Waals surface area contributed by atoms with E-state index < -0.39 is 17.6 Å². The number of carbonyl (C=O) groups excluding carboxylic acids is 1. The molecule has 1 aromatic heterocycles. The van der Waals surface area contributed by atoms with E-state index in [1.165, 1.54) is 32.4 Å². The number of hydrogen-bond donors (Lipinski definition) is 2. The molecule has 0 fully saturated rings. The summed E-state index contributed by atoms with van der Waals surface area (Å²) in [5, 5.41) is 2.50. The second-order valence-electron chi connectivity index (χ2n) is 4.33. The summed E-state index contributed by atoms with van der Waals surface area (Å²) >= 11 is 0. The smallest absolute Gasteiger partial charge is 0.340 e. The number of nitrogens with one attached hydrogen (secondary N) is 1. The van der Waals surface area contributed by atoms with E-state index in [2.05, 4.69) is 15.0 Å². The van der Waals surface area contributed by atoms with Crippen LogP contribution in [0.2, 0.25) is 0 Å². The molecule has 0 amide bonds. The molecule has 0 aliphatic carbocycles. The van der Waals surface area contributed by atoms with E-state index in [0.717, 1.165) is 6.07 Å². The summed E-state index contributed by atoms with van der Waals surface area (Å²) in [6, 6.07) is 3.73. The lowest BCUT2D eigenvalue weighted by Gasteiger charge is -2.11. The monoisotopic (exact) mass is 293 g/mol. The number of nitrogens with zero attached hydrogens (tertiary/aromatic N) is 1. The molecule has 21 heavy (non-hydrogen) atoms. The molecule has 0 unspecified atom stereocenters. The van der Waals surface area contributed by atoms with Crippen molar-refractivity contribution in [2.75, 3.05) is 18.2 Å². The van der Waals surface area contributed by atoms with Gasteiger partial charge in [-0.1, -0.05) is 6.07 Å². The first-order valence-corrected chi connectivity index (χ1v) is 5.99. The molecular formula is C14H13F2N3O2. The third-order valence-corrected chi connectivity index (χ3v) is 2.88. The number of aryl methyl sites for hydroxylation is 1. The van der Waals surface area contributed by atoms with Crippen LogP contribution in [0.4, 0.5) is 26.0 Å². The van der Waals surface area contributed by atoms with Crippen molar-refractivity contribution in [3.63, 3.8) is 0 Å². The third kappa shape index (κ3) is 2.91. The summed E-state index contributed by atoms with van der Waals surface area (Å²) in [4.78, 5) is 15.4. The summed E-state index contributed by atoms with van der Waals surface area (Å²) in [5.74, 6) is -2.08. The molecule has 0 radical (unpaired) electrons. The number of halogens is 2. The van der Waals surface area contributed by atoms with Crippen molar-refractivity contribution in [3.05, 3.63) is 47.2 Å². The average Bonchev–Trinajstić information content (AvgIpc) is 2.48. The van der Waals surface area contributed by atoms with Crippen LogP contribution in [-0.4, -0.2) is 18.1 Å². The van der Waals surface area contributed by atoms with Gasteiger partial charge in [0.05, 0.1) is 24.6 Å². The largest absolute Gasteiger partial charge is 0.465 e. The van der Waals surface area contributed by atoms with Gasteiger partial charge in [-0.25, -0.2) is 18.6 Å². The number of anilines is 3. The second-order valence-corrected chi connectivity index (χ2v) is 4.33. The van der Waals surface area contributed by atoms with Crippen LogP contribution < -0.4 is 11.1 Å². The summed E-state index contributed by atoms with van der Waals surface area (Å²) in [5.41, 5.74) is 5.71. The number of esters is 1. The Balaban J connectivity index is 2.41. The zero-order valence-electron chi connectivity index (χ0n) is 11.4. The van der Waals surface area contributed by atoms with Gasteiger partial charge >= 0.3 is 5.97 Å². The van der Waals surface area contributed by atoms with Crippen molar-refractivity contribution < 1.29 is 18.3 Å². The normalized spacial score (nSPS) is 10.3. The molecule has 2 aromatic rings. The van der Waals surface area contributed by atoms with Gasteiger partial charge in [0.25, 0.3) is 0 Å². The van der Waals surface area contributed by atoms with Crippen LogP contribution in [0.15, 0.2) is 24.4 Å². The van der Waals surface area contributed by atoms with E-state index in [0.29, 0.717) is 0 Å². The lowest BCUT2D eigenvalue weighted by atomic mass is 10.2. The van der Waals surface area contributed by atoms with Crippen LogP contribution in [0.1, 0.15) is 15.9 Å². The molecular weight excluding hydrogens is 280 g/mol. The van der Waals surface area contributed by atoms with E-state index >= 15 is 0 Å². The van der Waals surface area contributed by atoms with Crippen LogP contribution in [0, 0.1) is 18.6 Å². The fourth-order valence-electron chi connectivity index (χ4n) is 1.72. The summed E-state index contributed by atoms with van der Waals surface area (Å²) < 4.78 is 32.1. The van der Waals surface area contributed by atoms with Crippen molar-refractivity contribution >= 4 is 23.2 Å². The molecule has 0 atom stereocenters. The van der Waals surface area contributed by atoms with Crippen molar-refractivity contribution in [2.45, 2.75) is 6.92 Å². The Labute approximate surface area is 119 Å². The molecule has 110 valence electrons. The van der Waals surface area contributed by atoms with Gasteiger partial charge in [0.2, 0.25) is 0 Å². The van der Waals surface area contributed by atoms with E-state index in [9.17, 15) is 13.6 Å². The summed E-state index contributed by atoms with van der Waals surface area (Å²) in [6.45, 7) is 1.51. The number of carbonyl (C=O) groups is 1. The van der Waals surface area contributed by atoms with Gasteiger partial charge in [0.1, 0.15) is 17.3 Å². The predicted octanol–water partition coefficient (Wildman–Crippen LogP) is 2.78. The first kappa shape index (κ1) is 14.7. The number of benzene rings is 1. The van der Waals surface area contributed by atoms with Gasteiger partial charge < -0.3 is 15.8 Å². The van der Waals surface area contributed by atoms with Crippen LogP contribution >= 0.6 is 0 Å². The van der Waals surface area contributed by atoms with Crippen LogP contribution in [0.5, 0.6) is 0 Å². The van der Waals surface area contributed by atoms with E-state index in [1.807, 2.05) is 0 Å². The maximum atomic E-state index is 13.9. The zero-order valence-corrected chi connectivity index (χ0v) is 11.4. The van der Waals surface area contributed by atoms with E-state index in [4.69, 9.17) is 5.73 Å². The van der Waals surface area contributed by atoms with E-state index in [-0.39, 0.29) is 28.3 Å². The molecule has 3 N–H and O–H groups in total. The predicted molar refractivity (Wildman–Crippen MR) is 74.4 cm³/mol. The third-order valence-electron chi connectivity index (χ3n) is 2.88. The fraction of sp³-hybridized carbons (Fsp3) is 0.143. The minimum absolute atomic E-state index is 0.0588. The Morgan fingerprint density at radius 1 is 1.38 bits per heavy atom. The van der Waals surface area contributed by atoms with Gasteiger partial charge in [0, 0.05) is 0 Å². The Bertz CT molecular complexity index is 705. The van der Waals surface area contributed by atoms with Gasteiger partial charge in [-0.2, -0.15) is 0 Å². The molecule has 0 bridgehead atoms. The van der Waals surface area contributed by atoms with E-state index in [1.54, 1.807) is 0 Å². The molecule has 0 saturated heterocycles. The zero-order chi connectivity index (χ0) is 15.6. The van der Waals surface area contributed by atoms with Crippen LogP contribution in [0.3, 0.4) is 0 Å². The van der Waals surface area contributed by atoms with Crippen molar-refractivity contribution in [1.29, 1.82) is 0 Å². The lowest BCUT2D eigenvalue weighted by Crippen LogP contribution is -2.08. The van der Waals surface area contributed by atoms with Gasteiger partial charge in [-0.05, 0) is 24.6 Å². The maximum Gasteiger partial charge on any atom is 0.340 e. The number of methoxy groups -OCH3 is 1. The maximum absolute atomic E-state index is 13.9. The Hall–Kier alpha value is -2.70. The highest BCUT2D eigenvalue weighted by molar-refractivity contribution is 5.95. The Morgan fingerprint density at radius 3 is 2.76 bits per heavy atom. The molecule has 0 aliphatic rings. The highest BCUT2D eigenvalue weighted by Gasteiger charge is 2.15. The number of rotatable bonds is 3. The standard InChI is InChI=1S/C14H13F2N3O2/c1-7-3-4-9(15)13(12(7)16)19-11-5-8(14(20)21-2)10(17)6-18-11/h3-6H,17H2,1-2H3,(H,18,19). The van der Waals surface area contributed by atoms with Crippen LogP contribution in [0.25, 0.3) is 0 Å². The molecule has 0 aliphatic heterocycles. The molecule has 7 heteroatoms. The van der Waals surface area contributed by atoms with Crippen LogP contribution in [-0.2, 0) is 4.74 Å². The van der Waals surface area contributed by atoms with Crippen molar-refractivity contribution in [1.82, 2.24) is 4.98 Å². The topological polar surface area (TPSA) is 77.2 Å². The number of aromatic nitrogens is 1. The highest BCUT2D eigenvalue weighted by atomic mass is 19.1. The lowest BCUT2D eigenvalue weighted by molar-refractivity contribution is 0.0602. The summed E-state index contributed by atoms with van der Waals surface area (Å²) in [6.07, 6.45) is 1.21. The minimum Gasteiger partial charge on any atom is -0.465 e. The van der Waals surface area contributed by atoms with Gasteiger partial charge in [0.15, 0.2) is 5.82 Å². The molecule has 1 aromatic carbocycles. The van der Waals surface area contributed by atoms with Crippen molar-refractivity contribution in [2.24, 2.45) is 0 Å². The molecule has 1 heterocycles. The minimum atomic E-state index is -0.767. The SMILES string of the molecule is COC(=O)c1cc(Nc2c(F)ccc(C)c2F)ncc1N. The second kappa shape index (κ2) is 5.74. The average molecular weight is 293 g/mol. The number of nitrogen functional groups attached to an aromatic ring is 1. The number of ether oxygens (including phenoxy) is 1. The van der Waals surface area contributed by atoms with Gasteiger partial charge in [-0.15, -0.1) is 0 Å². The molecule has 2 rings (SSSR count). The first-order chi connectivity index (χ1) is 9.93.